The highest BCUT2D eigenvalue weighted by atomic mass is 16.2. The number of anilines is 1. The first-order valence-electron chi connectivity index (χ1n) is 5.50. The quantitative estimate of drug-likeness (QED) is 0.757. The predicted molar refractivity (Wildman–Crippen MR) is 61.9 cm³/mol. The van der Waals surface area contributed by atoms with Gasteiger partial charge in [-0.15, -0.1) is 0 Å². The van der Waals surface area contributed by atoms with Crippen LogP contribution in [0.2, 0.25) is 0 Å². The largest absolute Gasteiger partial charge is 0.311 e. The number of nitrogens with zero attached hydrogens (tertiary/aromatic N) is 2. The molecule has 1 aliphatic heterocycles. The van der Waals surface area contributed by atoms with Gasteiger partial charge in [-0.1, -0.05) is 18.2 Å². The van der Waals surface area contributed by atoms with Crippen molar-refractivity contribution in [3.63, 3.8) is 0 Å². The van der Waals surface area contributed by atoms with Crippen molar-refractivity contribution in [2.45, 2.75) is 19.8 Å². The zero-order chi connectivity index (χ0) is 11.5. The van der Waals surface area contributed by atoms with Gasteiger partial charge in [0.2, 0.25) is 5.91 Å². The monoisotopic (exact) mass is 214 g/mol. The van der Waals surface area contributed by atoms with Gasteiger partial charge in [0.25, 0.3) is 0 Å². The Morgan fingerprint density at radius 1 is 1.44 bits per heavy atom. The summed E-state index contributed by atoms with van der Waals surface area (Å²) in [7, 11) is 0. The Hall–Kier alpha value is -1.82. The molecule has 0 unspecified atom stereocenters. The fraction of sp³-hybridized carbons (Fsp3) is 0.385. The maximum Gasteiger partial charge on any atom is 0.227 e. The summed E-state index contributed by atoms with van der Waals surface area (Å²) in [5, 5.41) is 8.81. The number of amides is 1. The fourth-order valence-electron chi connectivity index (χ4n) is 2.01. The highest BCUT2D eigenvalue weighted by Crippen LogP contribution is 2.27. The van der Waals surface area contributed by atoms with E-state index in [4.69, 9.17) is 5.26 Å². The highest BCUT2D eigenvalue weighted by molar-refractivity contribution is 5.96. The number of fused-ring (bicyclic) bond motifs is 1. The minimum atomic E-state index is -0.130. The second-order valence-electron chi connectivity index (χ2n) is 4.16. The Labute approximate surface area is 95.3 Å². The lowest BCUT2D eigenvalue weighted by Crippen LogP contribution is -2.37. The zero-order valence-electron chi connectivity index (χ0n) is 9.31. The van der Waals surface area contributed by atoms with Crippen molar-refractivity contribution in [2.24, 2.45) is 5.92 Å². The number of benzene rings is 1. The van der Waals surface area contributed by atoms with Gasteiger partial charge in [0.15, 0.2) is 0 Å². The van der Waals surface area contributed by atoms with E-state index in [2.05, 4.69) is 6.07 Å². The Balaban J connectivity index is 2.30. The standard InChI is InChI=1S/C13H14N2O/c1-10(8-14)9-15-12-5-3-2-4-11(12)6-7-13(15)16/h2-5,10H,6-7,9H2,1H3/t10-/m0/s1. The van der Waals surface area contributed by atoms with E-state index in [0.717, 1.165) is 12.1 Å². The number of hydrogen-bond donors (Lipinski definition) is 0. The van der Waals surface area contributed by atoms with E-state index < -0.39 is 0 Å². The molecule has 0 spiro atoms. The summed E-state index contributed by atoms with van der Waals surface area (Å²) in [6, 6.07) is 10.1. The maximum absolute atomic E-state index is 11.8. The van der Waals surface area contributed by atoms with Gasteiger partial charge in [-0.3, -0.25) is 4.79 Å². The fourth-order valence-corrected chi connectivity index (χ4v) is 2.01. The molecule has 1 heterocycles. The Bertz CT molecular complexity index is 447. The molecule has 0 N–H and O–H groups in total. The summed E-state index contributed by atoms with van der Waals surface area (Å²) < 4.78 is 0. The van der Waals surface area contributed by atoms with Crippen LogP contribution < -0.4 is 4.90 Å². The molecule has 1 amide bonds. The lowest BCUT2D eigenvalue weighted by atomic mass is 10.00. The summed E-state index contributed by atoms with van der Waals surface area (Å²) in [6.45, 7) is 2.33. The summed E-state index contributed by atoms with van der Waals surface area (Å²) >= 11 is 0. The average Bonchev–Trinajstić information content (AvgIpc) is 2.32. The number of rotatable bonds is 2. The average molecular weight is 214 g/mol. The molecule has 1 aromatic carbocycles. The summed E-state index contributed by atoms with van der Waals surface area (Å²) in [5.74, 6) is -0.00379. The van der Waals surface area contributed by atoms with Crippen molar-refractivity contribution in [3.05, 3.63) is 29.8 Å². The van der Waals surface area contributed by atoms with Crippen LogP contribution in [0.25, 0.3) is 0 Å². The van der Waals surface area contributed by atoms with Crippen LogP contribution in [0.3, 0.4) is 0 Å². The predicted octanol–water partition coefficient (Wildman–Crippen LogP) is 2.13. The molecular formula is C13H14N2O. The third kappa shape index (κ3) is 1.92. The van der Waals surface area contributed by atoms with E-state index in [1.165, 1.54) is 5.56 Å². The van der Waals surface area contributed by atoms with E-state index in [-0.39, 0.29) is 11.8 Å². The van der Waals surface area contributed by atoms with Crippen LogP contribution in [0.15, 0.2) is 24.3 Å². The van der Waals surface area contributed by atoms with E-state index in [0.29, 0.717) is 13.0 Å². The first-order chi connectivity index (χ1) is 7.72. The molecule has 82 valence electrons. The number of carbonyl (C=O) groups is 1. The van der Waals surface area contributed by atoms with Crippen molar-refractivity contribution in [1.29, 1.82) is 5.26 Å². The molecule has 1 atom stereocenters. The van der Waals surface area contributed by atoms with E-state index >= 15 is 0 Å². The van der Waals surface area contributed by atoms with E-state index in [9.17, 15) is 4.79 Å². The third-order valence-corrected chi connectivity index (χ3v) is 2.87. The Kier molecular flexibility index (Phi) is 2.91. The molecule has 3 heteroatoms. The number of para-hydroxylation sites is 1. The van der Waals surface area contributed by atoms with Gasteiger partial charge >= 0.3 is 0 Å². The number of nitriles is 1. The van der Waals surface area contributed by atoms with Crippen molar-refractivity contribution in [3.8, 4) is 6.07 Å². The number of carbonyl (C=O) groups excluding carboxylic acids is 1. The Morgan fingerprint density at radius 2 is 2.19 bits per heavy atom. The number of hydrogen-bond acceptors (Lipinski definition) is 2. The van der Waals surface area contributed by atoms with Crippen molar-refractivity contribution in [2.75, 3.05) is 11.4 Å². The normalized spacial score (nSPS) is 16.5. The highest BCUT2D eigenvalue weighted by Gasteiger charge is 2.24. The lowest BCUT2D eigenvalue weighted by Gasteiger charge is -2.30. The summed E-state index contributed by atoms with van der Waals surface area (Å²) in [5.41, 5.74) is 2.17. The first-order valence-corrected chi connectivity index (χ1v) is 5.50. The van der Waals surface area contributed by atoms with Crippen molar-refractivity contribution < 1.29 is 4.79 Å². The van der Waals surface area contributed by atoms with E-state index in [1.807, 2.05) is 31.2 Å². The lowest BCUT2D eigenvalue weighted by molar-refractivity contribution is -0.119. The maximum atomic E-state index is 11.8. The Morgan fingerprint density at radius 3 is 2.94 bits per heavy atom. The molecule has 3 nitrogen and oxygen atoms in total. The van der Waals surface area contributed by atoms with Crippen LogP contribution in [0.1, 0.15) is 18.9 Å². The molecule has 0 saturated heterocycles. The van der Waals surface area contributed by atoms with Gasteiger partial charge in [0.1, 0.15) is 0 Å². The second kappa shape index (κ2) is 4.36. The van der Waals surface area contributed by atoms with Gasteiger partial charge in [-0.2, -0.15) is 5.26 Å². The van der Waals surface area contributed by atoms with Crippen LogP contribution in [0.5, 0.6) is 0 Å². The molecular weight excluding hydrogens is 200 g/mol. The smallest absolute Gasteiger partial charge is 0.227 e. The molecule has 0 aromatic heterocycles. The molecule has 1 aromatic rings. The van der Waals surface area contributed by atoms with Crippen molar-refractivity contribution >= 4 is 11.6 Å². The van der Waals surface area contributed by atoms with Crippen LogP contribution in [-0.4, -0.2) is 12.5 Å². The first kappa shape index (κ1) is 10.7. The molecule has 0 aliphatic carbocycles. The summed E-state index contributed by atoms with van der Waals surface area (Å²) in [4.78, 5) is 13.6. The SMILES string of the molecule is C[C@@H](C#N)CN1C(=O)CCc2ccccc21. The second-order valence-corrected chi connectivity index (χ2v) is 4.16. The molecule has 0 radical (unpaired) electrons. The third-order valence-electron chi connectivity index (χ3n) is 2.87. The van der Waals surface area contributed by atoms with E-state index in [1.54, 1.807) is 4.90 Å². The van der Waals surface area contributed by atoms with Crippen LogP contribution in [-0.2, 0) is 11.2 Å². The van der Waals surface area contributed by atoms with Gasteiger partial charge < -0.3 is 4.90 Å². The molecule has 0 fully saturated rings. The van der Waals surface area contributed by atoms with Gasteiger partial charge in [-0.25, -0.2) is 0 Å². The van der Waals surface area contributed by atoms with Crippen LogP contribution >= 0.6 is 0 Å². The van der Waals surface area contributed by atoms with Crippen LogP contribution in [0.4, 0.5) is 5.69 Å². The number of aryl methyl sites for hydroxylation is 1. The molecule has 16 heavy (non-hydrogen) atoms. The molecule has 0 saturated carbocycles. The minimum absolute atomic E-state index is 0.126. The molecule has 1 aliphatic rings. The molecule has 2 rings (SSSR count). The molecule has 0 bridgehead atoms. The zero-order valence-corrected chi connectivity index (χ0v) is 9.31. The van der Waals surface area contributed by atoms with Crippen molar-refractivity contribution in [1.82, 2.24) is 0 Å². The van der Waals surface area contributed by atoms with Crippen LogP contribution in [0, 0.1) is 17.2 Å². The van der Waals surface area contributed by atoms with Gasteiger partial charge in [0.05, 0.1) is 12.0 Å². The topological polar surface area (TPSA) is 44.1 Å². The van der Waals surface area contributed by atoms with Gasteiger partial charge in [-0.05, 0) is 25.0 Å². The minimum Gasteiger partial charge on any atom is -0.311 e. The summed E-state index contributed by atoms with van der Waals surface area (Å²) in [6.07, 6.45) is 1.36. The van der Waals surface area contributed by atoms with Gasteiger partial charge in [0, 0.05) is 18.7 Å².